The molecule has 1 aliphatic heterocycles. The SMILES string of the molecule is CC1=C(I)C(C=S)=CC(C)S1. The molecule has 0 saturated carbocycles. The van der Waals surface area contributed by atoms with Crippen LogP contribution in [0.4, 0.5) is 0 Å². The maximum Gasteiger partial charge on any atom is 0.0300 e. The first-order valence-electron chi connectivity index (χ1n) is 3.35. The zero-order valence-electron chi connectivity index (χ0n) is 6.43. The largest absolute Gasteiger partial charge is 0.122 e. The lowest BCUT2D eigenvalue weighted by molar-refractivity contribution is 1.23. The lowest BCUT2D eigenvalue weighted by Crippen LogP contribution is -2.01. The summed E-state index contributed by atoms with van der Waals surface area (Å²) in [5.74, 6) is 0. The highest BCUT2D eigenvalue weighted by atomic mass is 127. The topological polar surface area (TPSA) is 0 Å². The monoisotopic (exact) mass is 296 g/mol. The first-order chi connectivity index (χ1) is 5.15. The lowest BCUT2D eigenvalue weighted by Gasteiger charge is -2.16. The molecule has 0 aromatic heterocycles. The predicted molar refractivity (Wildman–Crippen MR) is 65.5 cm³/mol. The molecule has 0 aromatic rings. The Bertz CT molecular complexity index is 240. The van der Waals surface area contributed by atoms with E-state index in [2.05, 4.69) is 42.5 Å². The zero-order valence-corrected chi connectivity index (χ0v) is 10.2. The van der Waals surface area contributed by atoms with Gasteiger partial charge >= 0.3 is 0 Å². The number of hydrogen-bond donors (Lipinski definition) is 0. The molecule has 1 heterocycles. The van der Waals surface area contributed by atoms with Gasteiger partial charge < -0.3 is 0 Å². The number of rotatable bonds is 1. The Kier molecular flexibility index (Phi) is 3.58. The molecular weight excluding hydrogens is 287 g/mol. The van der Waals surface area contributed by atoms with Crippen LogP contribution in [0.25, 0.3) is 0 Å². The van der Waals surface area contributed by atoms with Crippen molar-refractivity contribution < 1.29 is 0 Å². The standard InChI is InChI=1S/C8H9IS2/c1-5-3-7(4-10)8(9)6(2)11-5/h3-5H,1-2H3. The van der Waals surface area contributed by atoms with E-state index in [1.807, 2.05) is 11.8 Å². The lowest BCUT2D eigenvalue weighted by atomic mass is 10.2. The summed E-state index contributed by atoms with van der Waals surface area (Å²) in [6, 6.07) is 0. The van der Waals surface area contributed by atoms with Crippen molar-refractivity contribution in [1.82, 2.24) is 0 Å². The number of thiocarbonyl (C=S) groups is 1. The Morgan fingerprint density at radius 2 is 2.36 bits per heavy atom. The van der Waals surface area contributed by atoms with Crippen molar-refractivity contribution in [2.75, 3.05) is 0 Å². The smallest absolute Gasteiger partial charge is 0.0300 e. The van der Waals surface area contributed by atoms with Crippen molar-refractivity contribution in [2.24, 2.45) is 0 Å². The van der Waals surface area contributed by atoms with Crippen molar-refractivity contribution in [3.63, 3.8) is 0 Å². The van der Waals surface area contributed by atoms with Crippen LogP contribution in [0.3, 0.4) is 0 Å². The molecular formula is C8H9IS2. The second-order valence-electron chi connectivity index (χ2n) is 2.43. The summed E-state index contributed by atoms with van der Waals surface area (Å²) in [6.45, 7) is 4.34. The molecule has 1 unspecified atom stereocenters. The van der Waals surface area contributed by atoms with Crippen LogP contribution in [0, 0.1) is 0 Å². The van der Waals surface area contributed by atoms with Gasteiger partial charge in [-0.2, -0.15) is 0 Å². The summed E-state index contributed by atoms with van der Waals surface area (Å²) in [4.78, 5) is 1.39. The quantitative estimate of drug-likeness (QED) is 0.534. The molecule has 0 spiro atoms. The molecule has 0 saturated heterocycles. The molecule has 0 aromatic carbocycles. The van der Waals surface area contributed by atoms with Gasteiger partial charge in [-0.1, -0.05) is 18.3 Å². The second-order valence-corrected chi connectivity index (χ2v) is 5.34. The molecule has 0 radical (unpaired) electrons. The van der Waals surface area contributed by atoms with E-state index < -0.39 is 0 Å². The van der Waals surface area contributed by atoms with E-state index in [1.165, 1.54) is 14.1 Å². The third kappa shape index (κ3) is 2.29. The number of thioether (sulfide) groups is 1. The van der Waals surface area contributed by atoms with Gasteiger partial charge in [0.25, 0.3) is 0 Å². The number of hydrogen-bond acceptors (Lipinski definition) is 2. The fourth-order valence-corrected chi connectivity index (χ4v) is 3.10. The molecule has 11 heavy (non-hydrogen) atoms. The Morgan fingerprint density at radius 3 is 2.91 bits per heavy atom. The van der Waals surface area contributed by atoms with E-state index >= 15 is 0 Å². The Morgan fingerprint density at radius 1 is 1.73 bits per heavy atom. The van der Waals surface area contributed by atoms with E-state index in [4.69, 9.17) is 12.2 Å². The van der Waals surface area contributed by atoms with Gasteiger partial charge in [-0.05, 0) is 46.9 Å². The second kappa shape index (κ2) is 4.05. The van der Waals surface area contributed by atoms with Crippen molar-refractivity contribution in [1.29, 1.82) is 0 Å². The van der Waals surface area contributed by atoms with Crippen molar-refractivity contribution in [3.05, 3.63) is 20.1 Å². The molecule has 0 bridgehead atoms. The minimum absolute atomic E-state index is 0.572. The molecule has 1 aliphatic rings. The van der Waals surface area contributed by atoms with Crippen molar-refractivity contribution in [2.45, 2.75) is 19.1 Å². The number of halogens is 1. The van der Waals surface area contributed by atoms with Gasteiger partial charge in [0.05, 0.1) is 0 Å². The van der Waals surface area contributed by atoms with Crippen molar-refractivity contribution in [3.8, 4) is 0 Å². The average molecular weight is 296 g/mol. The summed E-state index contributed by atoms with van der Waals surface area (Å²) in [7, 11) is 0. The number of allylic oxidation sites excluding steroid dienone is 3. The van der Waals surface area contributed by atoms with Crippen LogP contribution in [0.15, 0.2) is 20.1 Å². The summed E-state index contributed by atoms with van der Waals surface area (Å²) < 4.78 is 1.31. The third-order valence-electron chi connectivity index (χ3n) is 1.47. The van der Waals surface area contributed by atoms with Crippen LogP contribution in [0.5, 0.6) is 0 Å². The molecule has 60 valence electrons. The van der Waals surface area contributed by atoms with E-state index in [9.17, 15) is 0 Å². The van der Waals surface area contributed by atoms with Gasteiger partial charge in [0.15, 0.2) is 0 Å². The molecule has 0 N–H and O–H groups in total. The molecule has 3 heteroatoms. The summed E-state index contributed by atoms with van der Waals surface area (Å²) in [5, 5.41) is 2.34. The molecule has 1 atom stereocenters. The van der Waals surface area contributed by atoms with Crippen LogP contribution < -0.4 is 0 Å². The Labute approximate surface area is 90.7 Å². The molecule has 0 nitrogen and oxygen atoms in total. The molecule has 0 fully saturated rings. The first-order valence-corrected chi connectivity index (χ1v) is 5.78. The summed E-state index contributed by atoms with van der Waals surface area (Å²) in [6.07, 6.45) is 2.21. The predicted octanol–water partition coefficient (Wildman–Crippen LogP) is 3.71. The van der Waals surface area contributed by atoms with Crippen LogP contribution in [-0.4, -0.2) is 10.6 Å². The van der Waals surface area contributed by atoms with E-state index in [0.29, 0.717) is 5.25 Å². The van der Waals surface area contributed by atoms with Gasteiger partial charge in [-0.15, -0.1) is 11.8 Å². The first kappa shape index (κ1) is 9.74. The van der Waals surface area contributed by atoms with E-state index in [-0.39, 0.29) is 0 Å². The van der Waals surface area contributed by atoms with Crippen LogP contribution >= 0.6 is 46.6 Å². The summed E-state index contributed by atoms with van der Waals surface area (Å²) >= 11 is 9.16. The average Bonchev–Trinajstić information content (AvgIpc) is 1.96. The minimum atomic E-state index is 0.572. The maximum atomic E-state index is 4.91. The van der Waals surface area contributed by atoms with Gasteiger partial charge in [0.1, 0.15) is 0 Å². The normalized spacial score (nSPS) is 25.0. The van der Waals surface area contributed by atoms with Crippen LogP contribution in [0.1, 0.15) is 13.8 Å². The highest BCUT2D eigenvalue weighted by Crippen LogP contribution is 2.36. The van der Waals surface area contributed by atoms with Gasteiger partial charge in [-0.25, -0.2) is 0 Å². The van der Waals surface area contributed by atoms with Gasteiger partial charge in [-0.3, -0.25) is 0 Å². The van der Waals surface area contributed by atoms with E-state index in [0.717, 1.165) is 0 Å². The molecule has 0 amide bonds. The molecule has 0 aliphatic carbocycles. The minimum Gasteiger partial charge on any atom is -0.122 e. The fourth-order valence-electron chi connectivity index (χ4n) is 0.985. The van der Waals surface area contributed by atoms with Gasteiger partial charge in [0.2, 0.25) is 0 Å². The highest BCUT2D eigenvalue weighted by Gasteiger charge is 2.13. The van der Waals surface area contributed by atoms with E-state index in [1.54, 1.807) is 5.37 Å². The Hall–Kier alpha value is 0.650. The summed E-state index contributed by atoms with van der Waals surface area (Å²) in [5.41, 5.74) is 1.21. The van der Waals surface area contributed by atoms with Gasteiger partial charge in [0, 0.05) is 14.2 Å². The fraction of sp³-hybridized carbons (Fsp3) is 0.375. The van der Waals surface area contributed by atoms with Crippen LogP contribution in [-0.2, 0) is 0 Å². The maximum absolute atomic E-state index is 4.91. The third-order valence-corrected chi connectivity index (χ3v) is 4.58. The highest BCUT2D eigenvalue weighted by molar-refractivity contribution is 14.1. The van der Waals surface area contributed by atoms with Crippen molar-refractivity contribution >= 4 is 51.9 Å². The Balaban J connectivity index is 2.99. The zero-order chi connectivity index (χ0) is 8.43. The van der Waals surface area contributed by atoms with Crippen LogP contribution in [0.2, 0.25) is 0 Å². The molecule has 1 rings (SSSR count).